The molecular formula is C26H26N2O3. The molecule has 0 spiro atoms. The van der Waals surface area contributed by atoms with E-state index in [1.54, 1.807) is 14.2 Å². The smallest absolute Gasteiger partial charge is 0.161 e. The highest BCUT2D eigenvalue weighted by Crippen LogP contribution is 2.31. The summed E-state index contributed by atoms with van der Waals surface area (Å²) in [5, 5.41) is 0. The second kappa shape index (κ2) is 8.96. The molecule has 0 saturated heterocycles. The highest BCUT2D eigenvalue weighted by atomic mass is 16.5. The van der Waals surface area contributed by atoms with Gasteiger partial charge in [-0.25, -0.2) is 4.99 Å². The Balaban J connectivity index is 1.69. The number of allylic oxidation sites excluding steroid dienone is 1. The van der Waals surface area contributed by atoms with Gasteiger partial charge in [-0.15, -0.1) is 0 Å². The molecule has 0 aliphatic carbocycles. The van der Waals surface area contributed by atoms with Crippen LogP contribution in [0.5, 0.6) is 11.5 Å². The summed E-state index contributed by atoms with van der Waals surface area (Å²) in [5.74, 6) is 2.08. The van der Waals surface area contributed by atoms with Gasteiger partial charge in [-0.05, 0) is 55.3 Å². The molecule has 1 N–H and O–H groups in total. The maximum Gasteiger partial charge on any atom is 0.161 e. The van der Waals surface area contributed by atoms with E-state index in [4.69, 9.17) is 19.2 Å². The molecule has 0 fully saturated rings. The maximum absolute atomic E-state index is 6.18. The number of H-pyrrole nitrogens is 1. The predicted molar refractivity (Wildman–Crippen MR) is 124 cm³/mol. The average molecular weight is 415 g/mol. The number of nitrogens with one attached hydrogen (secondary N) is 1. The molecule has 0 amide bonds. The van der Waals surface area contributed by atoms with Crippen molar-refractivity contribution in [1.82, 2.24) is 4.98 Å². The minimum absolute atomic E-state index is 0.474. The van der Waals surface area contributed by atoms with Crippen molar-refractivity contribution < 1.29 is 14.2 Å². The molecule has 4 rings (SSSR count). The van der Waals surface area contributed by atoms with Gasteiger partial charge in [-0.3, -0.25) is 0 Å². The van der Waals surface area contributed by atoms with Crippen LogP contribution in [-0.2, 0) is 11.3 Å². The molecule has 0 saturated carbocycles. The normalized spacial score (nSPS) is 14.4. The third-order valence-electron chi connectivity index (χ3n) is 5.15. The summed E-state index contributed by atoms with van der Waals surface area (Å²) in [7, 11) is 3.26. The van der Waals surface area contributed by atoms with Gasteiger partial charge in [0.15, 0.2) is 11.5 Å². The lowest BCUT2D eigenvalue weighted by Crippen LogP contribution is -1.97. The fraction of sp³-hybridized carbons (Fsp3) is 0.192. The fourth-order valence-corrected chi connectivity index (χ4v) is 3.55. The van der Waals surface area contributed by atoms with Crippen LogP contribution in [0.1, 0.15) is 28.1 Å². The minimum Gasteiger partial charge on any atom is -0.493 e. The highest BCUT2D eigenvalue weighted by molar-refractivity contribution is 6.12. The van der Waals surface area contributed by atoms with Gasteiger partial charge in [0.1, 0.15) is 18.1 Å². The monoisotopic (exact) mass is 414 g/mol. The molecule has 5 heteroatoms. The van der Waals surface area contributed by atoms with Gasteiger partial charge in [0.05, 0.1) is 19.9 Å². The molecule has 5 nitrogen and oxygen atoms in total. The average Bonchev–Trinajstić information content (AvgIpc) is 3.34. The Hall–Kier alpha value is -3.73. The number of methoxy groups -OCH3 is 2. The fourth-order valence-electron chi connectivity index (χ4n) is 3.55. The second-order valence-electron chi connectivity index (χ2n) is 7.43. The molecule has 3 aromatic rings. The number of aromatic nitrogens is 1. The number of nitrogens with zero attached hydrogens (tertiary/aromatic N) is 1. The van der Waals surface area contributed by atoms with Gasteiger partial charge in [-0.2, -0.15) is 0 Å². The zero-order chi connectivity index (χ0) is 21.8. The summed E-state index contributed by atoms with van der Waals surface area (Å²) in [6, 6.07) is 18.0. The molecular weight excluding hydrogens is 388 g/mol. The first-order valence-electron chi connectivity index (χ1n) is 10.1. The van der Waals surface area contributed by atoms with Crippen LogP contribution in [0.2, 0.25) is 0 Å². The van der Waals surface area contributed by atoms with Crippen molar-refractivity contribution in [3.63, 3.8) is 0 Å². The Bertz CT molecular complexity index is 1170. The summed E-state index contributed by atoms with van der Waals surface area (Å²) in [5.41, 5.74) is 6.95. The second-order valence-corrected chi connectivity index (χ2v) is 7.43. The highest BCUT2D eigenvalue weighted by Gasteiger charge is 2.19. The molecule has 158 valence electrons. The third kappa shape index (κ3) is 4.56. The van der Waals surface area contributed by atoms with E-state index in [1.165, 1.54) is 5.56 Å². The molecule has 31 heavy (non-hydrogen) atoms. The van der Waals surface area contributed by atoms with E-state index >= 15 is 0 Å². The number of aliphatic imine (C=N–C) groups is 1. The van der Waals surface area contributed by atoms with E-state index in [0.29, 0.717) is 18.1 Å². The molecule has 0 unspecified atom stereocenters. The zero-order valence-electron chi connectivity index (χ0n) is 18.2. The third-order valence-corrected chi connectivity index (χ3v) is 5.15. The van der Waals surface area contributed by atoms with Gasteiger partial charge in [0.25, 0.3) is 0 Å². The van der Waals surface area contributed by atoms with E-state index in [1.807, 2.05) is 67.6 Å². The van der Waals surface area contributed by atoms with Crippen LogP contribution in [0.3, 0.4) is 0 Å². The lowest BCUT2D eigenvalue weighted by molar-refractivity contribution is 0.208. The standard InChI is InChI=1S/C26H26N2O3/c1-17-12-18(2)27-21(17)14-23-25(31-16-19-8-6-5-7-9-19)15-22(28-23)20-10-11-24(29-3)26(13-20)30-4/h5-15,27H,16H2,1-4H3/b23-14-. The molecule has 0 atom stereocenters. The number of hydrogen-bond donors (Lipinski definition) is 1. The van der Waals surface area contributed by atoms with Crippen molar-refractivity contribution >= 4 is 11.8 Å². The largest absolute Gasteiger partial charge is 0.493 e. The van der Waals surface area contributed by atoms with Crippen molar-refractivity contribution in [2.45, 2.75) is 20.5 Å². The van der Waals surface area contributed by atoms with Crippen LogP contribution in [0.25, 0.3) is 6.08 Å². The Labute approximate surface area is 182 Å². The Kier molecular flexibility index (Phi) is 5.94. The van der Waals surface area contributed by atoms with E-state index < -0.39 is 0 Å². The first kappa shape index (κ1) is 20.5. The van der Waals surface area contributed by atoms with E-state index in [9.17, 15) is 0 Å². The molecule has 2 aromatic carbocycles. The van der Waals surface area contributed by atoms with Crippen molar-refractivity contribution in [2.75, 3.05) is 14.2 Å². The summed E-state index contributed by atoms with van der Waals surface area (Å²) < 4.78 is 17.0. The van der Waals surface area contributed by atoms with Crippen LogP contribution < -0.4 is 9.47 Å². The van der Waals surface area contributed by atoms with E-state index in [-0.39, 0.29) is 0 Å². The molecule has 0 bridgehead atoms. The number of aryl methyl sites for hydroxylation is 2. The molecule has 0 radical (unpaired) electrons. The predicted octanol–water partition coefficient (Wildman–Crippen LogP) is 5.59. The Morgan fingerprint density at radius 2 is 1.71 bits per heavy atom. The molecule has 1 aromatic heterocycles. The number of hydrogen-bond acceptors (Lipinski definition) is 4. The minimum atomic E-state index is 0.474. The van der Waals surface area contributed by atoms with E-state index in [2.05, 4.69) is 18.0 Å². The summed E-state index contributed by atoms with van der Waals surface area (Å²) in [6.45, 7) is 4.60. The zero-order valence-corrected chi connectivity index (χ0v) is 18.2. The van der Waals surface area contributed by atoms with Gasteiger partial charge in [0, 0.05) is 23.0 Å². The summed E-state index contributed by atoms with van der Waals surface area (Å²) >= 11 is 0. The molecule has 1 aliphatic rings. The van der Waals surface area contributed by atoms with Crippen LogP contribution in [0.4, 0.5) is 0 Å². The summed E-state index contributed by atoms with van der Waals surface area (Å²) in [6.07, 6.45) is 4.01. The lowest BCUT2D eigenvalue weighted by atomic mass is 10.1. The van der Waals surface area contributed by atoms with E-state index in [0.717, 1.165) is 39.7 Å². The Morgan fingerprint density at radius 1 is 0.935 bits per heavy atom. The molecule has 1 aliphatic heterocycles. The maximum atomic E-state index is 6.18. The number of benzene rings is 2. The summed E-state index contributed by atoms with van der Waals surface area (Å²) in [4.78, 5) is 8.26. The van der Waals surface area contributed by atoms with Crippen molar-refractivity contribution in [3.8, 4) is 11.5 Å². The Morgan fingerprint density at radius 3 is 2.39 bits per heavy atom. The van der Waals surface area contributed by atoms with Gasteiger partial charge < -0.3 is 19.2 Å². The lowest BCUT2D eigenvalue weighted by Gasteiger charge is -2.08. The SMILES string of the molecule is COc1ccc(C2=N/C(=C\c3[nH]c(C)cc3C)C(OCc3ccccc3)=C2)cc1OC. The quantitative estimate of drug-likeness (QED) is 0.548. The van der Waals surface area contributed by atoms with Crippen LogP contribution in [0.15, 0.2) is 77.1 Å². The topological polar surface area (TPSA) is 55.8 Å². The van der Waals surface area contributed by atoms with Gasteiger partial charge >= 0.3 is 0 Å². The van der Waals surface area contributed by atoms with Gasteiger partial charge in [-0.1, -0.05) is 30.3 Å². The first-order chi connectivity index (χ1) is 15.1. The number of ether oxygens (including phenoxy) is 3. The first-order valence-corrected chi connectivity index (χ1v) is 10.1. The van der Waals surface area contributed by atoms with Crippen LogP contribution in [-0.4, -0.2) is 24.9 Å². The van der Waals surface area contributed by atoms with Crippen molar-refractivity contribution in [1.29, 1.82) is 0 Å². The van der Waals surface area contributed by atoms with Crippen molar-refractivity contribution in [3.05, 3.63) is 100 Å². The molecule has 2 heterocycles. The number of aromatic amines is 1. The van der Waals surface area contributed by atoms with Crippen LogP contribution >= 0.6 is 0 Å². The van der Waals surface area contributed by atoms with Gasteiger partial charge in [0.2, 0.25) is 0 Å². The van der Waals surface area contributed by atoms with Crippen molar-refractivity contribution in [2.24, 2.45) is 4.99 Å². The number of rotatable bonds is 7. The van der Waals surface area contributed by atoms with Crippen LogP contribution in [0, 0.1) is 13.8 Å².